The van der Waals surface area contributed by atoms with Gasteiger partial charge in [-0.3, -0.25) is 14.2 Å². The fourth-order valence-electron chi connectivity index (χ4n) is 3.37. The second-order valence-corrected chi connectivity index (χ2v) is 7.54. The average molecular weight is 426 g/mol. The Bertz CT molecular complexity index is 1180. The summed E-state index contributed by atoms with van der Waals surface area (Å²) in [6.07, 6.45) is 0. The summed E-state index contributed by atoms with van der Waals surface area (Å²) >= 11 is 0. The van der Waals surface area contributed by atoms with Crippen molar-refractivity contribution in [1.29, 1.82) is 0 Å². The van der Waals surface area contributed by atoms with Crippen LogP contribution in [0.1, 0.15) is 35.9 Å². The van der Waals surface area contributed by atoms with Crippen molar-refractivity contribution < 1.29 is 23.9 Å². The van der Waals surface area contributed by atoms with Crippen LogP contribution in [0.15, 0.2) is 39.6 Å². The highest BCUT2D eigenvalue weighted by Crippen LogP contribution is 2.27. The molecule has 1 aromatic carbocycles. The SMILES string of the molecule is COc1ccc(-c2cc(CNC(=O)c3nc4n(c(=O)c3O)CCOC4(C)C)on2)cc1. The topological polar surface area (TPSA) is 129 Å². The minimum Gasteiger partial charge on any atom is -0.501 e. The van der Waals surface area contributed by atoms with Crippen molar-refractivity contribution >= 4 is 5.91 Å². The third kappa shape index (κ3) is 3.89. The van der Waals surface area contributed by atoms with Crippen LogP contribution in [0.4, 0.5) is 0 Å². The smallest absolute Gasteiger partial charge is 0.296 e. The zero-order chi connectivity index (χ0) is 22.2. The molecule has 2 N–H and O–H groups in total. The van der Waals surface area contributed by atoms with Crippen molar-refractivity contribution in [3.8, 4) is 22.8 Å². The molecule has 1 amide bonds. The Morgan fingerprint density at radius 2 is 2.06 bits per heavy atom. The molecule has 2 aromatic heterocycles. The summed E-state index contributed by atoms with van der Waals surface area (Å²) < 4.78 is 17.4. The van der Waals surface area contributed by atoms with Gasteiger partial charge >= 0.3 is 0 Å². The van der Waals surface area contributed by atoms with Crippen LogP contribution in [0.3, 0.4) is 0 Å². The number of nitrogens with zero attached hydrogens (tertiary/aromatic N) is 3. The molecule has 10 heteroatoms. The molecule has 162 valence electrons. The summed E-state index contributed by atoms with van der Waals surface area (Å²) in [5.74, 6) is 0.00365. The monoisotopic (exact) mass is 426 g/mol. The van der Waals surface area contributed by atoms with E-state index in [9.17, 15) is 14.7 Å². The number of carbonyl (C=O) groups is 1. The quantitative estimate of drug-likeness (QED) is 0.632. The summed E-state index contributed by atoms with van der Waals surface area (Å²) in [7, 11) is 1.59. The lowest BCUT2D eigenvalue weighted by molar-refractivity contribution is -0.0566. The molecular formula is C21H22N4O6. The first-order valence-electron chi connectivity index (χ1n) is 9.66. The molecule has 0 spiro atoms. The summed E-state index contributed by atoms with van der Waals surface area (Å²) in [6, 6.07) is 8.98. The van der Waals surface area contributed by atoms with Gasteiger partial charge in [0, 0.05) is 11.6 Å². The lowest BCUT2D eigenvalue weighted by atomic mass is 10.1. The Balaban J connectivity index is 1.51. The normalized spacial score (nSPS) is 14.7. The average Bonchev–Trinajstić information content (AvgIpc) is 3.23. The molecular weight excluding hydrogens is 404 g/mol. The number of hydrogen-bond acceptors (Lipinski definition) is 8. The molecule has 31 heavy (non-hydrogen) atoms. The van der Waals surface area contributed by atoms with Gasteiger partial charge in [-0.2, -0.15) is 0 Å². The number of aromatic hydroxyl groups is 1. The number of amides is 1. The number of carbonyl (C=O) groups excluding carboxylic acids is 1. The van der Waals surface area contributed by atoms with Gasteiger partial charge in [-0.25, -0.2) is 4.98 Å². The van der Waals surface area contributed by atoms with Gasteiger partial charge < -0.3 is 24.4 Å². The van der Waals surface area contributed by atoms with Crippen molar-refractivity contribution in [2.24, 2.45) is 0 Å². The highest BCUT2D eigenvalue weighted by Gasteiger charge is 2.34. The molecule has 0 saturated carbocycles. The van der Waals surface area contributed by atoms with Gasteiger partial charge in [0.05, 0.1) is 26.8 Å². The van der Waals surface area contributed by atoms with Gasteiger partial charge in [-0.1, -0.05) is 5.16 Å². The molecule has 0 bridgehead atoms. The third-order valence-electron chi connectivity index (χ3n) is 5.04. The van der Waals surface area contributed by atoms with E-state index in [4.69, 9.17) is 14.0 Å². The first-order valence-corrected chi connectivity index (χ1v) is 9.66. The van der Waals surface area contributed by atoms with E-state index in [-0.39, 0.29) is 24.6 Å². The largest absolute Gasteiger partial charge is 0.501 e. The van der Waals surface area contributed by atoms with E-state index >= 15 is 0 Å². The fourth-order valence-corrected chi connectivity index (χ4v) is 3.37. The fraction of sp³-hybridized carbons (Fsp3) is 0.333. The van der Waals surface area contributed by atoms with E-state index in [2.05, 4.69) is 15.5 Å². The minimum absolute atomic E-state index is 0.00141. The van der Waals surface area contributed by atoms with Crippen molar-refractivity contribution in [2.75, 3.05) is 13.7 Å². The maximum absolute atomic E-state index is 12.6. The minimum atomic E-state index is -0.863. The van der Waals surface area contributed by atoms with Crippen molar-refractivity contribution in [3.05, 3.63) is 58.0 Å². The van der Waals surface area contributed by atoms with Crippen LogP contribution >= 0.6 is 0 Å². The molecule has 3 heterocycles. The van der Waals surface area contributed by atoms with Gasteiger partial charge in [-0.15, -0.1) is 0 Å². The van der Waals surface area contributed by atoms with Crippen LogP contribution in [0.5, 0.6) is 11.5 Å². The molecule has 0 saturated heterocycles. The maximum Gasteiger partial charge on any atom is 0.296 e. The lowest BCUT2D eigenvalue weighted by Gasteiger charge is -2.32. The van der Waals surface area contributed by atoms with Crippen LogP contribution in [-0.4, -0.2) is 39.4 Å². The number of rotatable bonds is 5. The van der Waals surface area contributed by atoms with Gasteiger partial charge in [0.15, 0.2) is 11.5 Å². The van der Waals surface area contributed by atoms with E-state index in [1.54, 1.807) is 39.2 Å². The van der Waals surface area contributed by atoms with E-state index in [1.165, 1.54) is 4.57 Å². The van der Waals surface area contributed by atoms with Crippen LogP contribution < -0.4 is 15.6 Å². The molecule has 0 fully saturated rings. The number of aromatic nitrogens is 3. The van der Waals surface area contributed by atoms with E-state index in [0.29, 0.717) is 18.1 Å². The molecule has 0 atom stereocenters. The summed E-state index contributed by atoms with van der Waals surface area (Å²) in [5.41, 5.74) is -0.471. The maximum atomic E-state index is 12.6. The molecule has 3 aromatic rings. The lowest BCUT2D eigenvalue weighted by Crippen LogP contribution is -2.42. The Labute approximate surface area is 177 Å². The van der Waals surface area contributed by atoms with Crippen LogP contribution in [0, 0.1) is 0 Å². The van der Waals surface area contributed by atoms with Crippen molar-refractivity contribution in [1.82, 2.24) is 20.0 Å². The number of nitrogens with one attached hydrogen (secondary N) is 1. The zero-order valence-electron chi connectivity index (χ0n) is 17.3. The number of benzene rings is 1. The first-order chi connectivity index (χ1) is 14.8. The second kappa shape index (κ2) is 7.88. The molecule has 4 rings (SSSR count). The van der Waals surface area contributed by atoms with Crippen LogP contribution in [0.25, 0.3) is 11.3 Å². The highest BCUT2D eigenvalue weighted by atomic mass is 16.5. The number of fused-ring (bicyclic) bond motifs is 1. The number of hydrogen-bond donors (Lipinski definition) is 2. The molecule has 0 radical (unpaired) electrons. The molecule has 0 unspecified atom stereocenters. The summed E-state index contributed by atoms with van der Waals surface area (Å²) in [5, 5.41) is 16.8. The zero-order valence-corrected chi connectivity index (χ0v) is 17.3. The van der Waals surface area contributed by atoms with Crippen molar-refractivity contribution in [2.45, 2.75) is 32.5 Å². The second-order valence-electron chi connectivity index (χ2n) is 7.54. The van der Waals surface area contributed by atoms with Crippen LogP contribution in [-0.2, 0) is 23.4 Å². The van der Waals surface area contributed by atoms with Gasteiger partial charge in [0.2, 0.25) is 5.75 Å². The van der Waals surface area contributed by atoms with Gasteiger partial charge in [0.25, 0.3) is 11.5 Å². The Hall–Kier alpha value is -3.66. The van der Waals surface area contributed by atoms with E-state index in [0.717, 1.165) is 11.3 Å². The Morgan fingerprint density at radius 1 is 1.32 bits per heavy atom. The predicted octanol–water partition coefficient (Wildman–Crippen LogP) is 1.81. The van der Waals surface area contributed by atoms with E-state index < -0.39 is 22.8 Å². The van der Waals surface area contributed by atoms with E-state index in [1.807, 2.05) is 12.1 Å². The predicted molar refractivity (Wildman–Crippen MR) is 109 cm³/mol. The Kier molecular flexibility index (Phi) is 5.24. The van der Waals surface area contributed by atoms with Crippen molar-refractivity contribution in [3.63, 3.8) is 0 Å². The van der Waals surface area contributed by atoms with Gasteiger partial charge in [-0.05, 0) is 38.1 Å². The summed E-state index contributed by atoms with van der Waals surface area (Å²) in [6.45, 7) is 4.07. The standard InChI is InChI=1S/C21H22N4O6/c1-21(2)20-23-16(17(26)19(28)25(20)8-9-30-21)18(27)22-11-14-10-15(24-31-14)12-4-6-13(29-3)7-5-12/h4-7,10,26H,8-9,11H2,1-3H3,(H,22,27). The number of methoxy groups -OCH3 is 1. The molecule has 1 aliphatic rings. The third-order valence-corrected chi connectivity index (χ3v) is 5.04. The molecule has 10 nitrogen and oxygen atoms in total. The molecule has 0 aliphatic carbocycles. The van der Waals surface area contributed by atoms with Gasteiger partial charge in [0.1, 0.15) is 22.9 Å². The Morgan fingerprint density at radius 3 is 2.77 bits per heavy atom. The highest BCUT2D eigenvalue weighted by molar-refractivity contribution is 5.94. The first kappa shape index (κ1) is 20.6. The number of ether oxygens (including phenoxy) is 2. The summed E-state index contributed by atoms with van der Waals surface area (Å²) in [4.78, 5) is 29.4. The molecule has 1 aliphatic heterocycles. The van der Waals surface area contributed by atoms with Crippen LogP contribution in [0.2, 0.25) is 0 Å².